The van der Waals surface area contributed by atoms with E-state index in [1.807, 2.05) is 0 Å². The van der Waals surface area contributed by atoms with Gasteiger partial charge in [-0.25, -0.2) is 0 Å². The fourth-order valence-electron chi connectivity index (χ4n) is 4.98. The van der Waals surface area contributed by atoms with E-state index in [-0.39, 0.29) is 0 Å². The van der Waals surface area contributed by atoms with Gasteiger partial charge in [-0.1, -0.05) is 112 Å². The highest BCUT2D eigenvalue weighted by Crippen LogP contribution is 2.26. The molecule has 0 amide bonds. The third-order valence-electron chi connectivity index (χ3n) is 6.47. The molecule has 0 rings (SSSR count). The molecule has 0 aliphatic carbocycles. The Bertz CT molecular complexity index is 332. The quantitative estimate of drug-likeness (QED) is 0.0677. The van der Waals surface area contributed by atoms with E-state index in [2.05, 4.69) is 63.1 Å². The summed E-state index contributed by atoms with van der Waals surface area (Å²) in [7, 11) is 2.77. The Morgan fingerprint density at radius 1 is 0.531 bits per heavy atom. The lowest BCUT2D eigenvalue weighted by Crippen LogP contribution is -2.33. The zero-order chi connectivity index (χ0) is 23.9. The summed E-state index contributed by atoms with van der Waals surface area (Å²) >= 11 is 0. The van der Waals surface area contributed by atoms with Crippen LogP contribution >= 0.6 is 21.6 Å². The van der Waals surface area contributed by atoms with Gasteiger partial charge in [0.15, 0.2) is 0 Å². The van der Waals surface area contributed by atoms with Crippen molar-refractivity contribution in [1.82, 2.24) is 0 Å². The average molecular weight is 523 g/mol. The van der Waals surface area contributed by atoms with E-state index in [1.54, 1.807) is 0 Å². The fourth-order valence-corrected chi connectivity index (χ4v) is 14.7. The molecule has 2 unspecified atom stereocenters. The predicted molar refractivity (Wildman–Crippen MR) is 158 cm³/mol. The Hall–Kier alpha value is 1.05. The van der Waals surface area contributed by atoms with E-state index in [9.17, 15) is 0 Å². The minimum atomic E-state index is -0.717. The average Bonchev–Trinajstić information content (AvgIpc) is 2.78. The minimum absolute atomic E-state index is 0.628. The van der Waals surface area contributed by atoms with Crippen molar-refractivity contribution < 1.29 is 9.47 Å². The van der Waals surface area contributed by atoms with E-state index in [0.717, 1.165) is 13.2 Å². The molecule has 0 aromatic heterocycles. The van der Waals surface area contributed by atoms with Gasteiger partial charge in [-0.3, -0.25) is 0 Å². The molecule has 0 heterocycles. The van der Waals surface area contributed by atoms with E-state index in [0.29, 0.717) is 11.5 Å². The van der Waals surface area contributed by atoms with E-state index in [4.69, 9.17) is 9.47 Å². The van der Waals surface area contributed by atoms with Crippen LogP contribution in [-0.2, 0) is 9.47 Å². The summed E-state index contributed by atoms with van der Waals surface area (Å²) in [6.07, 6.45) is 13.4. The molecule has 0 bridgehead atoms. The van der Waals surface area contributed by atoms with Crippen LogP contribution in [0.3, 0.4) is 0 Å². The van der Waals surface area contributed by atoms with Crippen molar-refractivity contribution in [3.8, 4) is 0 Å². The topological polar surface area (TPSA) is 18.5 Å². The summed E-state index contributed by atoms with van der Waals surface area (Å²) in [6.45, 7) is 15.5. The highest BCUT2D eigenvalue weighted by molar-refractivity contribution is 8.76. The van der Waals surface area contributed by atoms with Crippen LogP contribution in [0.2, 0.25) is 24.2 Å². The van der Waals surface area contributed by atoms with Crippen LogP contribution in [0.5, 0.6) is 0 Å². The molecule has 0 spiro atoms. The van der Waals surface area contributed by atoms with Gasteiger partial charge < -0.3 is 9.47 Å². The molecule has 2 atom stereocenters. The third-order valence-corrected chi connectivity index (χ3v) is 17.5. The molecule has 0 N–H and O–H groups in total. The third kappa shape index (κ3) is 17.5. The van der Waals surface area contributed by atoms with Gasteiger partial charge in [0.1, 0.15) is 0 Å². The number of unbranched alkanes of at least 4 members (excludes halogenated alkanes) is 2. The molecular weight excluding hydrogens is 465 g/mol. The van der Waals surface area contributed by atoms with Crippen molar-refractivity contribution in [2.45, 2.75) is 141 Å². The Morgan fingerprint density at radius 3 is 1.16 bits per heavy atom. The summed E-state index contributed by atoms with van der Waals surface area (Å²) in [6, 6.07) is 5.86. The number of hydrogen-bond acceptors (Lipinski definition) is 4. The number of ether oxygens (including phenoxy) is 2. The van der Waals surface area contributed by atoms with Crippen LogP contribution in [0.4, 0.5) is 0 Å². The van der Waals surface area contributed by atoms with E-state index in [1.165, 1.54) is 99.9 Å². The highest BCUT2D eigenvalue weighted by atomic mass is 33.1. The summed E-state index contributed by atoms with van der Waals surface area (Å²) in [5, 5.41) is 0. The van der Waals surface area contributed by atoms with Crippen molar-refractivity contribution in [2.24, 2.45) is 0 Å². The second kappa shape index (κ2) is 25.2. The zero-order valence-electron chi connectivity index (χ0n) is 22.7. The largest absolute Gasteiger partial charge is 0.382 e. The van der Waals surface area contributed by atoms with Crippen molar-refractivity contribution in [3.63, 3.8) is 0 Å². The number of rotatable bonds is 25. The van der Waals surface area contributed by atoms with E-state index >= 15 is 0 Å². The highest BCUT2D eigenvalue weighted by Gasteiger charge is 2.22. The van der Waals surface area contributed by atoms with Crippen molar-refractivity contribution >= 4 is 39.2 Å². The minimum Gasteiger partial charge on any atom is -0.382 e. The standard InChI is InChI=1S/C26H58O2S2Si2/c1-7-21-31(22-8-2)25(27-11-5)17-13-15-19-29-30-20-16-14-18-26(28-12-6)32(23-9-3)24-10-4/h25-26,31-32H,7-24H2,1-6H3. The van der Waals surface area contributed by atoms with Gasteiger partial charge in [-0.15, -0.1) is 0 Å². The van der Waals surface area contributed by atoms with Gasteiger partial charge in [-0.05, 0) is 39.5 Å². The monoisotopic (exact) mass is 522 g/mol. The van der Waals surface area contributed by atoms with E-state index < -0.39 is 17.6 Å². The molecule has 0 aromatic rings. The predicted octanol–water partition coefficient (Wildman–Crippen LogP) is 8.69. The van der Waals surface area contributed by atoms with Gasteiger partial charge in [0.2, 0.25) is 0 Å². The molecule has 2 nitrogen and oxygen atoms in total. The molecule has 0 aliphatic rings. The van der Waals surface area contributed by atoms with Crippen LogP contribution in [0, 0.1) is 0 Å². The molecule has 0 radical (unpaired) electrons. The molecular formula is C26H58O2S2Si2. The normalized spacial score (nSPS) is 13.9. The Labute approximate surface area is 214 Å². The van der Waals surface area contributed by atoms with Crippen molar-refractivity contribution in [3.05, 3.63) is 0 Å². The van der Waals surface area contributed by atoms with Gasteiger partial charge in [0.05, 0.1) is 17.6 Å². The Balaban J connectivity index is 3.94. The molecule has 0 saturated carbocycles. The zero-order valence-corrected chi connectivity index (χ0v) is 26.6. The van der Waals surface area contributed by atoms with Gasteiger partial charge in [0.25, 0.3) is 0 Å². The fraction of sp³-hybridized carbons (Fsp3) is 1.00. The molecule has 0 aliphatic heterocycles. The van der Waals surface area contributed by atoms with Gasteiger partial charge in [0, 0.05) is 36.2 Å². The van der Waals surface area contributed by atoms with Crippen LogP contribution in [0.25, 0.3) is 0 Å². The van der Waals surface area contributed by atoms with Crippen LogP contribution in [0.15, 0.2) is 0 Å². The van der Waals surface area contributed by atoms with Gasteiger partial charge in [-0.2, -0.15) is 0 Å². The first-order valence-electron chi connectivity index (χ1n) is 14.2. The maximum absolute atomic E-state index is 6.21. The maximum Gasteiger partial charge on any atom is 0.0716 e. The molecule has 0 saturated heterocycles. The summed E-state index contributed by atoms with van der Waals surface area (Å²) in [5.41, 5.74) is 1.26. The molecule has 194 valence electrons. The summed E-state index contributed by atoms with van der Waals surface area (Å²) in [4.78, 5) is 0. The van der Waals surface area contributed by atoms with Crippen LogP contribution < -0.4 is 0 Å². The van der Waals surface area contributed by atoms with Crippen molar-refractivity contribution in [1.29, 1.82) is 0 Å². The lowest BCUT2D eigenvalue weighted by molar-refractivity contribution is 0.105. The summed E-state index contributed by atoms with van der Waals surface area (Å²) in [5.74, 6) is 2.61. The molecule has 6 heteroatoms. The van der Waals surface area contributed by atoms with Crippen molar-refractivity contribution in [2.75, 3.05) is 24.7 Å². The number of hydrogen-bond donors (Lipinski definition) is 0. The maximum atomic E-state index is 6.21. The van der Waals surface area contributed by atoms with Gasteiger partial charge >= 0.3 is 0 Å². The molecule has 0 fully saturated rings. The smallest absolute Gasteiger partial charge is 0.0716 e. The lowest BCUT2D eigenvalue weighted by Gasteiger charge is -2.25. The van der Waals surface area contributed by atoms with Crippen LogP contribution in [0.1, 0.15) is 106 Å². The molecule has 32 heavy (non-hydrogen) atoms. The Kier molecular flexibility index (Phi) is 26.0. The Morgan fingerprint density at radius 2 is 0.875 bits per heavy atom. The second-order valence-electron chi connectivity index (χ2n) is 9.30. The second-order valence-corrected chi connectivity index (χ2v) is 18.8. The molecule has 0 aromatic carbocycles. The first kappa shape index (κ1) is 33.1. The van der Waals surface area contributed by atoms with Crippen LogP contribution in [-0.4, -0.2) is 53.8 Å². The summed E-state index contributed by atoms with van der Waals surface area (Å²) < 4.78 is 12.4. The first-order valence-corrected chi connectivity index (χ1v) is 21.2. The SMILES string of the molecule is CCC[SiH](CCC)C(CCCCSSCCCCC(OCC)[SiH](CCC)CCC)OCC. The first-order chi connectivity index (χ1) is 15.7. The lowest BCUT2D eigenvalue weighted by atomic mass is 10.2.